The molecule has 2 rings (SSSR count). The first kappa shape index (κ1) is 14.5. The van der Waals surface area contributed by atoms with E-state index < -0.39 is 5.54 Å². The van der Waals surface area contributed by atoms with Gasteiger partial charge in [-0.1, -0.05) is 35.0 Å². The van der Waals surface area contributed by atoms with Crippen LogP contribution in [0.15, 0.2) is 28.7 Å². The van der Waals surface area contributed by atoms with Crippen LogP contribution in [-0.2, 0) is 15.1 Å². The first-order chi connectivity index (χ1) is 9.12. The predicted octanol–water partition coefficient (Wildman–Crippen LogP) is 3.37. The molecule has 1 aliphatic rings. The second-order valence-electron chi connectivity index (χ2n) is 4.90. The molecule has 104 valence electrons. The monoisotopic (exact) mass is 325 g/mol. The topological polar surface area (TPSA) is 38.3 Å². The normalized spacial score (nSPS) is 17.8. The van der Waals surface area contributed by atoms with E-state index in [4.69, 9.17) is 4.74 Å². The summed E-state index contributed by atoms with van der Waals surface area (Å²) in [5, 5.41) is 3.48. The molecule has 19 heavy (non-hydrogen) atoms. The number of hydrogen-bond acceptors (Lipinski definition) is 3. The van der Waals surface area contributed by atoms with Crippen LogP contribution < -0.4 is 5.32 Å². The lowest BCUT2D eigenvalue weighted by Gasteiger charge is -2.32. The molecule has 0 spiro atoms. The van der Waals surface area contributed by atoms with E-state index in [1.54, 1.807) is 0 Å². The van der Waals surface area contributed by atoms with Crippen molar-refractivity contribution >= 4 is 21.9 Å². The number of benzene rings is 1. The Morgan fingerprint density at radius 1 is 1.37 bits per heavy atom. The highest BCUT2D eigenvalue weighted by atomic mass is 79.9. The zero-order chi connectivity index (χ0) is 13.9. The molecule has 0 amide bonds. The van der Waals surface area contributed by atoms with Crippen LogP contribution in [0.3, 0.4) is 0 Å². The Kier molecular flexibility index (Phi) is 4.63. The van der Waals surface area contributed by atoms with Gasteiger partial charge in [0.25, 0.3) is 0 Å². The summed E-state index contributed by atoms with van der Waals surface area (Å²) in [4.78, 5) is 12.4. The van der Waals surface area contributed by atoms with Gasteiger partial charge < -0.3 is 4.74 Å². The van der Waals surface area contributed by atoms with E-state index in [9.17, 15) is 4.79 Å². The molecule has 1 aromatic carbocycles. The fourth-order valence-corrected chi connectivity index (χ4v) is 2.54. The highest BCUT2D eigenvalue weighted by Crippen LogP contribution is 2.33. The molecule has 0 radical (unpaired) electrons. The molecule has 1 saturated carbocycles. The zero-order valence-corrected chi connectivity index (χ0v) is 13.0. The van der Waals surface area contributed by atoms with Gasteiger partial charge in [-0.2, -0.15) is 0 Å². The molecule has 0 heterocycles. The maximum Gasteiger partial charge on any atom is 0.330 e. The SMILES string of the molecule is CCOC(=O)C(CC)(NC1CC1)c1ccc(Br)cc1. The van der Waals surface area contributed by atoms with Crippen LogP contribution in [-0.4, -0.2) is 18.6 Å². The molecular weight excluding hydrogens is 306 g/mol. The first-order valence-corrected chi connectivity index (χ1v) is 7.62. The molecular formula is C15H20BrNO2. The van der Waals surface area contributed by atoms with Gasteiger partial charge in [0.15, 0.2) is 0 Å². The molecule has 4 heteroatoms. The molecule has 0 saturated heterocycles. The smallest absolute Gasteiger partial charge is 0.330 e. The Labute approximate surface area is 122 Å². The maximum atomic E-state index is 12.4. The Balaban J connectivity index is 2.35. The third kappa shape index (κ3) is 3.18. The minimum Gasteiger partial charge on any atom is -0.464 e. The van der Waals surface area contributed by atoms with Crippen molar-refractivity contribution in [2.75, 3.05) is 6.61 Å². The van der Waals surface area contributed by atoms with Gasteiger partial charge in [0.05, 0.1) is 6.61 Å². The Morgan fingerprint density at radius 2 is 2.00 bits per heavy atom. The molecule has 0 aromatic heterocycles. The van der Waals surface area contributed by atoms with Gasteiger partial charge >= 0.3 is 5.97 Å². The van der Waals surface area contributed by atoms with Gasteiger partial charge in [0, 0.05) is 10.5 Å². The molecule has 0 bridgehead atoms. The number of hydrogen-bond donors (Lipinski definition) is 1. The van der Waals surface area contributed by atoms with Crippen LogP contribution >= 0.6 is 15.9 Å². The average Bonchev–Trinajstić information content (AvgIpc) is 3.21. The van der Waals surface area contributed by atoms with Crippen LogP contribution in [0.2, 0.25) is 0 Å². The summed E-state index contributed by atoms with van der Waals surface area (Å²) in [6.45, 7) is 4.27. The molecule has 1 aromatic rings. The largest absolute Gasteiger partial charge is 0.464 e. The van der Waals surface area contributed by atoms with Crippen LogP contribution in [0.25, 0.3) is 0 Å². The number of carbonyl (C=O) groups is 1. The quantitative estimate of drug-likeness (QED) is 0.815. The summed E-state index contributed by atoms with van der Waals surface area (Å²) in [6, 6.07) is 8.34. The third-order valence-electron chi connectivity index (χ3n) is 3.52. The second kappa shape index (κ2) is 6.06. The van der Waals surface area contributed by atoms with Crippen molar-refractivity contribution in [1.29, 1.82) is 0 Å². The summed E-state index contributed by atoms with van der Waals surface area (Å²) in [6.07, 6.45) is 2.96. The van der Waals surface area contributed by atoms with Crippen LogP contribution in [0.5, 0.6) is 0 Å². The lowest BCUT2D eigenvalue weighted by atomic mass is 9.87. The van der Waals surface area contributed by atoms with Gasteiger partial charge in [-0.05, 0) is 43.9 Å². The summed E-state index contributed by atoms with van der Waals surface area (Å²) in [7, 11) is 0. The van der Waals surface area contributed by atoms with Gasteiger partial charge in [0.1, 0.15) is 5.54 Å². The lowest BCUT2D eigenvalue weighted by Crippen LogP contribution is -2.50. The first-order valence-electron chi connectivity index (χ1n) is 6.83. The highest BCUT2D eigenvalue weighted by Gasteiger charge is 2.43. The summed E-state index contributed by atoms with van der Waals surface area (Å²) >= 11 is 3.43. The van der Waals surface area contributed by atoms with E-state index in [2.05, 4.69) is 21.2 Å². The van der Waals surface area contributed by atoms with Crippen molar-refractivity contribution in [3.05, 3.63) is 34.3 Å². The standard InChI is InChI=1S/C15H20BrNO2/c1-3-15(14(18)19-4-2,17-13-9-10-13)11-5-7-12(16)8-6-11/h5-8,13,17H,3-4,9-10H2,1-2H3. The highest BCUT2D eigenvalue weighted by molar-refractivity contribution is 9.10. The Hall–Kier alpha value is -0.870. The van der Waals surface area contributed by atoms with E-state index in [1.165, 1.54) is 0 Å². The molecule has 1 unspecified atom stereocenters. The molecule has 0 aliphatic heterocycles. The second-order valence-corrected chi connectivity index (χ2v) is 5.82. The van der Waals surface area contributed by atoms with Crippen molar-refractivity contribution in [3.8, 4) is 0 Å². The van der Waals surface area contributed by atoms with Crippen molar-refractivity contribution in [1.82, 2.24) is 5.32 Å². The van der Waals surface area contributed by atoms with E-state index in [0.29, 0.717) is 19.1 Å². The van der Waals surface area contributed by atoms with Gasteiger partial charge in [-0.15, -0.1) is 0 Å². The van der Waals surface area contributed by atoms with Gasteiger partial charge in [-0.3, -0.25) is 5.32 Å². The Bertz CT molecular complexity index is 442. The molecule has 1 atom stereocenters. The third-order valence-corrected chi connectivity index (χ3v) is 4.05. The van der Waals surface area contributed by atoms with Gasteiger partial charge in [0.2, 0.25) is 0 Å². The van der Waals surface area contributed by atoms with Crippen LogP contribution in [0, 0.1) is 0 Å². The van der Waals surface area contributed by atoms with Crippen molar-refractivity contribution in [3.63, 3.8) is 0 Å². The fourth-order valence-electron chi connectivity index (χ4n) is 2.28. The number of esters is 1. The maximum absolute atomic E-state index is 12.4. The lowest BCUT2D eigenvalue weighted by molar-refractivity contribution is -0.152. The molecule has 1 N–H and O–H groups in total. The molecule has 1 fully saturated rings. The number of rotatable bonds is 6. The summed E-state index contributed by atoms with van der Waals surface area (Å²) in [5.74, 6) is -0.174. The van der Waals surface area contributed by atoms with E-state index in [-0.39, 0.29) is 5.97 Å². The van der Waals surface area contributed by atoms with Gasteiger partial charge in [-0.25, -0.2) is 4.79 Å². The zero-order valence-electron chi connectivity index (χ0n) is 11.4. The van der Waals surface area contributed by atoms with Crippen molar-refractivity contribution < 1.29 is 9.53 Å². The molecule has 1 aliphatic carbocycles. The van der Waals surface area contributed by atoms with E-state index in [1.807, 2.05) is 38.1 Å². The number of ether oxygens (including phenoxy) is 1. The van der Waals surface area contributed by atoms with Crippen molar-refractivity contribution in [2.24, 2.45) is 0 Å². The summed E-state index contributed by atoms with van der Waals surface area (Å²) < 4.78 is 6.31. The minimum absolute atomic E-state index is 0.174. The predicted molar refractivity (Wildman–Crippen MR) is 78.9 cm³/mol. The average molecular weight is 326 g/mol. The Morgan fingerprint density at radius 3 is 2.47 bits per heavy atom. The molecule has 3 nitrogen and oxygen atoms in total. The van der Waals surface area contributed by atoms with Crippen molar-refractivity contribution in [2.45, 2.75) is 44.7 Å². The van der Waals surface area contributed by atoms with Crippen LogP contribution in [0.1, 0.15) is 38.7 Å². The fraction of sp³-hybridized carbons (Fsp3) is 0.533. The summed E-state index contributed by atoms with van der Waals surface area (Å²) in [5.41, 5.74) is 0.265. The van der Waals surface area contributed by atoms with Crippen LogP contribution in [0.4, 0.5) is 0 Å². The minimum atomic E-state index is -0.710. The number of nitrogens with one attached hydrogen (secondary N) is 1. The number of halogens is 1. The number of carbonyl (C=O) groups excluding carboxylic acids is 1. The van der Waals surface area contributed by atoms with E-state index in [0.717, 1.165) is 22.9 Å². The van der Waals surface area contributed by atoms with E-state index >= 15 is 0 Å².